The highest BCUT2D eigenvalue weighted by Gasteiger charge is 2.21. The summed E-state index contributed by atoms with van der Waals surface area (Å²) in [6, 6.07) is 4.37. The number of aromatic hydroxyl groups is 1. The van der Waals surface area contributed by atoms with Gasteiger partial charge in [0.25, 0.3) is 0 Å². The third-order valence-electron chi connectivity index (χ3n) is 2.30. The molecule has 1 aromatic rings. The molecule has 0 aliphatic rings. The van der Waals surface area contributed by atoms with Gasteiger partial charge in [-0.2, -0.15) is 12.7 Å². The van der Waals surface area contributed by atoms with Gasteiger partial charge in [0, 0.05) is 17.6 Å². The number of halogens is 1. The van der Waals surface area contributed by atoms with E-state index in [2.05, 4.69) is 20.7 Å². The van der Waals surface area contributed by atoms with Crippen molar-refractivity contribution in [2.75, 3.05) is 11.8 Å². The SMILES string of the molecule is CC(C)N(C)S(=O)(=O)Nc1cc(Br)ccc1O. The minimum atomic E-state index is -3.65. The maximum atomic E-state index is 11.9. The van der Waals surface area contributed by atoms with Gasteiger partial charge in [-0.1, -0.05) is 15.9 Å². The van der Waals surface area contributed by atoms with E-state index in [1.54, 1.807) is 19.9 Å². The van der Waals surface area contributed by atoms with E-state index in [4.69, 9.17) is 0 Å². The summed E-state index contributed by atoms with van der Waals surface area (Å²) in [6.07, 6.45) is 0. The molecule has 0 saturated heterocycles. The van der Waals surface area contributed by atoms with Crippen molar-refractivity contribution in [2.24, 2.45) is 0 Å². The number of anilines is 1. The lowest BCUT2D eigenvalue weighted by atomic mass is 10.3. The topological polar surface area (TPSA) is 69.6 Å². The van der Waals surface area contributed by atoms with E-state index in [9.17, 15) is 13.5 Å². The molecule has 0 bridgehead atoms. The fourth-order valence-electron chi connectivity index (χ4n) is 1.08. The molecule has 2 N–H and O–H groups in total. The van der Waals surface area contributed by atoms with Crippen molar-refractivity contribution in [1.29, 1.82) is 0 Å². The summed E-state index contributed by atoms with van der Waals surface area (Å²) < 4.78 is 28.0. The number of rotatable bonds is 4. The average molecular weight is 323 g/mol. The zero-order valence-corrected chi connectivity index (χ0v) is 12.2. The van der Waals surface area contributed by atoms with Crippen LogP contribution in [0.3, 0.4) is 0 Å². The molecule has 1 aromatic carbocycles. The summed E-state index contributed by atoms with van der Waals surface area (Å²) in [5.74, 6) is -0.117. The van der Waals surface area contributed by atoms with E-state index in [-0.39, 0.29) is 17.5 Å². The van der Waals surface area contributed by atoms with Gasteiger partial charge in [0.2, 0.25) is 0 Å². The van der Waals surface area contributed by atoms with Crippen LogP contribution >= 0.6 is 15.9 Å². The summed E-state index contributed by atoms with van der Waals surface area (Å²) in [5, 5.41) is 9.55. The van der Waals surface area contributed by atoms with Crippen LogP contribution < -0.4 is 4.72 Å². The number of nitrogens with zero attached hydrogens (tertiary/aromatic N) is 1. The molecule has 0 aliphatic carbocycles. The Labute approximate surface area is 110 Å². The lowest BCUT2D eigenvalue weighted by Crippen LogP contribution is -2.37. The molecular formula is C10H15BrN2O3S. The molecule has 96 valence electrons. The molecule has 0 atom stereocenters. The van der Waals surface area contributed by atoms with Crippen molar-refractivity contribution >= 4 is 31.8 Å². The molecule has 0 aliphatic heterocycles. The highest BCUT2D eigenvalue weighted by Crippen LogP contribution is 2.28. The first kappa shape index (κ1) is 14.3. The van der Waals surface area contributed by atoms with E-state index in [1.807, 2.05) is 0 Å². The highest BCUT2D eigenvalue weighted by molar-refractivity contribution is 9.10. The van der Waals surface area contributed by atoms with Crippen molar-refractivity contribution in [3.8, 4) is 5.75 Å². The summed E-state index contributed by atoms with van der Waals surface area (Å²) in [7, 11) is -2.18. The lowest BCUT2D eigenvalue weighted by Gasteiger charge is -2.22. The summed E-state index contributed by atoms with van der Waals surface area (Å²) >= 11 is 3.21. The Morgan fingerprint density at radius 2 is 2.00 bits per heavy atom. The number of nitrogens with one attached hydrogen (secondary N) is 1. The molecule has 0 radical (unpaired) electrons. The Hall–Kier alpha value is -0.790. The third kappa shape index (κ3) is 3.58. The minimum absolute atomic E-state index is 0.117. The summed E-state index contributed by atoms with van der Waals surface area (Å²) in [4.78, 5) is 0. The normalized spacial score (nSPS) is 12.1. The zero-order chi connectivity index (χ0) is 13.2. The predicted molar refractivity (Wildman–Crippen MR) is 71.2 cm³/mol. The molecule has 0 unspecified atom stereocenters. The first-order valence-corrected chi connectivity index (χ1v) is 7.21. The van der Waals surface area contributed by atoms with Crippen LogP contribution in [0.1, 0.15) is 13.8 Å². The second-order valence-electron chi connectivity index (χ2n) is 3.88. The first-order valence-electron chi connectivity index (χ1n) is 4.98. The van der Waals surface area contributed by atoms with Crippen molar-refractivity contribution in [3.63, 3.8) is 0 Å². The Kier molecular flexibility index (Phi) is 4.40. The van der Waals surface area contributed by atoms with Gasteiger partial charge in [-0.25, -0.2) is 0 Å². The van der Waals surface area contributed by atoms with Crippen LogP contribution in [0.25, 0.3) is 0 Å². The van der Waals surface area contributed by atoms with Crippen LogP contribution in [0.5, 0.6) is 5.75 Å². The minimum Gasteiger partial charge on any atom is -0.506 e. The van der Waals surface area contributed by atoms with Crippen molar-refractivity contribution in [3.05, 3.63) is 22.7 Å². The summed E-state index contributed by atoms with van der Waals surface area (Å²) in [6.45, 7) is 3.53. The largest absolute Gasteiger partial charge is 0.506 e. The first-order chi connectivity index (χ1) is 7.74. The van der Waals surface area contributed by atoms with E-state index in [1.165, 1.54) is 23.5 Å². The summed E-state index contributed by atoms with van der Waals surface area (Å²) in [5.41, 5.74) is 0.145. The zero-order valence-electron chi connectivity index (χ0n) is 9.81. The van der Waals surface area contributed by atoms with E-state index < -0.39 is 10.2 Å². The smallest absolute Gasteiger partial charge is 0.301 e. The van der Waals surface area contributed by atoms with Crippen LogP contribution in [-0.4, -0.2) is 30.9 Å². The van der Waals surface area contributed by atoms with E-state index in [0.717, 1.165) is 0 Å². The molecule has 0 amide bonds. The van der Waals surface area contributed by atoms with Gasteiger partial charge < -0.3 is 5.11 Å². The maximum Gasteiger partial charge on any atom is 0.301 e. The monoisotopic (exact) mass is 322 g/mol. The molecule has 5 nitrogen and oxygen atoms in total. The van der Waals surface area contributed by atoms with Gasteiger partial charge in [-0.3, -0.25) is 4.72 Å². The van der Waals surface area contributed by atoms with Crippen LogP contribution in [-0.2, 0) is 10.2 Å². The number of phenols is 1. The lowest BCUT2D eigenvalue weighted by molar-refractivity contribution is 0.413. The molecule has 7 heteroatoms. The Morgan fingerprint density at radius 3 is 2.53 bits per heavy atom. The van der Waals surface area contributed by atoms with Gasteiger partial charge in [0.05, 0.1) is 5.69 Å². The molecule has 1 rings (SSSR count). The maximum absolute atomic E-state index is 11.9. The molecule has 0 fully saturated rings. The van der Waals surface area contributed by atoms with E-state index in [0.29, 0.717) is 4.47 Å². The van der Waals surface area contributed by atoms with Crippen LogP contribution in [0, 0.1) is 0 Å². The Bertz CT molecular complexity index is 502. The molecule has 0 spiro atoms. The van der Waals surface area contributed by atoms with Crippen molar-refractivity contribution in [1.82, 2.24) is 4.31 Å². The van der Waals surface area contributed by atoms with Gasteiger partial charge >= 0.3 is 10.2 Å². The van der Waals surface area contributed by atoms with Gasteiger partial charge in [0.15, 0.2) is 0 Å². The molecule has 0 heterocycles. The quantitative estimate of drug-likeness (QED) is 0.834. The highest BCUT2D eigenvalue weighted by atomic mass is 79.9. The van der Waals surface area contributed by atoms with Crippen LogP contribution in [0.4, 0.5) is 5.69 Å². The van der Waals surface area contributed by atoms with Crippen molar-refractivity contribution in [2.45, 2.75) is 19.9 Å². The molecular weight excluding hydrogens is 308 g/mol. The second-order valence-corrected chi connectivity index (χ2v) is 6.52. The van der Waals surface area contributed by atoms with Gasteiger partial charge in [0.1, 0.15) is 5.75 Å². The standard InChI is InChI=1S/C10H15BrN2O3S/c1-7(2)13(3)17(15,16)12-9-6-8(11)4-5-10(9)14/h4-7,12,14H,1-3H3. The Balaban J connectivity index is 3.02. The Morgan fingerprint density at radius 1 is 1.41 bits per heavy atom. The number of hydrogen-bond donors (Lipinski definition) is 2. The van der Waals surface area contributed by atoms with Crippen molar-refractivity contribution < 1.29 is 13.5 Å². The number of phenolic OH excluding ortho intramolecular Hbond substituents is 1. The number of benzene rings is 1. The number of hydrogen-bond acceptors (Lipinski definition) is 3. The fraction of sp³-hybridized carbons (Fsp3) is 0.400. The molecule has 0 aromatic heterocycles. The van der Waals surface area contributed by atoms with Gasteiger partial charge in [-0.05, 0) is 32.0 Å². The second kappa shape index (κ2) is 5.24. The van der Waals surface area contributed by atoms with Gasteiger partial charge in [-0.15, -0.1) is 0 Å². The average Bonchev–Trinajstić information content (AvgIpc) is 2.21. The van der Waals surface area contributed by atoms with Crippen LogP contribution in [0.15, 0.2) is 22.7 Å². The molecule has 17 heavy (non-hydrogen) atoms. The predicted octanol–water partition coefficient (Wildman–Crippen LogP) is 2.15. The molecule has 0 saturated carbocycles. The van der Waals surface area contributed by atoms with Crippen LogP contribution in [0.2, 0.25) is 0 Å². The fourth-order valence-corrected chi connectivity index (χ4v) is 2.58. The third-order valence-corrected chi connectivity index (χ3v) is 4.45. The van der Waals surface area contributed by atoms with E-state index >= 15 is 0 Å².